The normalized spacial score (nSPS) is 19.0. The van der Waals surface area contributed by atoms with Crippen LogP contribution in [0.4, 0.5) is 9.59 Å². The SMILES string of the molecule is CC(c1ccc(Cl)cc1)N(C)C(=O)NCCCN1C(=O)NC2(CCCC2)C1=O. The Morgan fingerprint density at radius 1 is 1.29 bits per heavy atom. The maximum absolute atomic E-state index is 12.6. The molecule has 1 atom stereocenters. The van der Waals surface area contributed by atoms with Crippen molar-refractivity contribution in [2.45, 2.75) is 50.6 Å². The molecule has 1 heterocycles. The van der Waals surface area contributed by atoms with E-state index in [0.717, 1.165) is 31.2 Å². The van der Waals surface area contributed by atoms with E-state index in [9.17, 15) is 14.4 Å². The highest BCUT2D eigenvalue weighted by Gasteiger charge is 2.51. The summed E-state index contributed by atoms with van der Waals surface area (Å²) >= 11 is 5.91. The van der Waals surface area contributed by atoms with Crippen molar-refractivity contribution < 1.29 is 14.4 Å². The molecule has 8 heteroatoms. The van der Waals surface area contributed by atoms with Crippen molar-refractivity contribution in [2.24, 2.45) is 0 Å². The lowest BCUT2D eigenvalue weighted by Crippen LogP contribution is -2.44. The van der Waals surface area contributed by atoms with Gasteiger partial charge in [-0.1, -0.05) is 36.6 Å². The van der Waals surface area contributed by atoms with Gasteiger partial charge in [-0.25, -0.2) is 9.59 Å². The molecular formula is C20H27ClN4O3. The summed E-state index contributed by atoms with van der Waals surface area (Å²) in [6, 6.07) is 6.77. The van der Waals surface area contributed by atoms with Crippen molar-refractivity contribution in [3.8, 4) is 0 Å². The third-order valence-corrected chi connectivity index (χ3v) is 6.04. The lowest BCUT2D eigenvalue weighted by atomic mass is 9.98. The minimum atomic E-state index is -0.672. The van der Waals surface area contributed by atoms with Gasteiger partial charge in [0, 0.05) is 25.2 Å². The minimum absolute atomic E-state index is 0.106. The number of hydrogen-bond donors (Lipinski definition) is 2. The Hall–Kier alpha value is -2.28. The van der Waals surface area contributed by atoms with Crippen molar-refractivity contribution >= 4 is 29.6 Å². The van der Waals surface area contributed by atoms with E-state index in [4.69, 9.17) is 11.6 Å². The zero-order valence-corrected chi connectivity index (χ0v) is 17.1. The largest absolute Gasteiger partial charge is 0.338 e. The van der Waals surface area contributed by atoms with Crippen molar-refractivity contribution in [1.82, 2.24) is 20.4 Å². The van der Waals surface area contributed by atoms with Gasteiger partial charge in [-0.05, 0) is 43.9 Å². The van der Waals surface area contributed by atoms with Gasteiger partial charge in [-0.2, -0.15) is 0 Å². The quantitative estimate of drug-likeness (QED) is 0.561. The fourth-order valence-corrected chi connectivity index (χ4v) is 4.02. The van der Waals surface area contributed by atoms with E-state index >= 15 is 0 Å². The van der Waals surface area contributed by atoms with Gasteiger partial charge in [0.25, 0.3) is 5.91 Å². The van der Waals surface area contributed by atoms with Crippen LogP contribution in [0.2, 0.25) is 5.02 Å². The van der Waals surface area contributed by atoms with Gasteiger partial charge < -0.3 is 15.5 Å². The van der Waals surface area contributed by atoms with Crippen molar-refractivity contribution in [2.75, 3.05) is 20.1 Å². The summed E-state index contributed by atoms with van der Waals surface area (Å²) in [5.41, 5.74) is 0.317. The van der Waals surface area contributed by atoms with Crippen LogP contribution in [0, 0.1) is 0 Å². The second-order valence-corrected chi connectivity index (χ2v) is 8.04. The molecule has 28 heavy (non-hydrogen) atoms. The van der Waals surface area contributed by atoms with Crippen LogP contribution >= 0.6 is 11.6 Å². The van der Waals surface area contributed by atoms with E-state index in [2.05, 4.69) is 10.6 Å². The topological polar surface area (TPSA) is 81.8 Å². The first kappa shape index (κ1) is 20.5. The van der Waals surface area contributed by atoms with Crippen LogP contribution < -0.4 is 10.6 Å². The molecule has 5 amide bonds. The van der Waals surface area contributed by atoms with E-state index in [0.29, 0.717) is 24.5 Å². The van der Waals surface area contributed by atoms with Crippen LogP contribution in [0.25, 0.3) is 0 Å². The number of amides is 5. The predicted molar refractivity (Wildman–Crippen MR) is 107 cm³/mol. The maximum Gasteiger partial charge on any atom is 0.325 e. The van der Waals surface area contributed by atoms with Crippen molar-refractivity contribution in [3.05, 3.63) is 34.9 Å². The third-order valence-electron chi connectivity index (χ3n) is 5.79. The monoisotopic (exact) mass is 406 g/mol. The fourth-order valence-electron chi connectivity index (χ4n) is 3.89. The Labute approximate surface area is 170 Å². The van der Waals surface area contributed by atoms with Gasteiger partial charge in [-0.15, -0.1) is 0 Å². The Balaban J connectivity index is 1.44. The highest BCUT2D eigenvalue weighted by Crippen LogP contribution is 2.35. The molecule has 1 saturated carbocycles. The number of urea groups is 2. The van der Waals surface area contributed by atoms with E-state index in [1.54, 1.807) is 24.1 Å². The third kappa shape index (κ3) is 4.09. The lowest BCUT2D eigenvalue weighted by Gasteiger charge is -2.26. The summed E-state index contributed by atoms with van der Waals surface area (Å²) in [5, 5.41) is 6.37. The molecule has 1 aromatic carbocycles. The van der Waals surface area contributed by atoms with Crippen LogP contribution in [0.1, 0.15) is 50.6 Å². The van der Waals surface area contributed by atoms with Gasteiger partial charge in [0.05, 0.1) is 6.04 Å². The Kier molecular flexibility index (Phi) is 6.13. The summed E-state index contributed by atoms with van der Waals surface area (Å²) in [6.45, 7) is 2.64. The van der Waals surface area contributed by atoms with Gasteiger partial charge in [0.1, 0.15) is 5.54 Å². The Morgan fingerprint density at radius 2 is 1.93 bits per heavy atom. The summed E-state index contributed by atoms with van der Waals surface area (Å²) in [6.07, 6.45) is 3.89. The summed E-state index contributed by atoms with van der Waals surface area (Å²) < 4.78 is 0. The number of carbonyl (C=O) groups excluding carboxylic acids is 3. The number of benzene rings is 1. The van der Waals surface area contributed by atoms with Crippen LogP contribution in [-0.2, 0) is 4.79 Å². The standard InChI is InChI=1S/C20H27ClN4O3/c1-14(15-6-8-16(21)9-7-15)24(2)18(27)22-12-5-13-25-17(26)20(23-19(25)28)10-3-4-11-20/h6-9,14H,3-5,10-13H2,1-2H3,(H,22,27)(H,23,28). The molecule has 1 aliphatic heterocycles. The Morgan fingerprint density at radius 3 is 2.57 bits per heavy atom. The smallest absolute Gasteiger partial charge is 0.325 e. The molecule has 2 fully saturated rings. The second kappa shape index (κ2) is 8.39. The minimum Gasteiger partial charge on any atom is -0.338 e. The van der Waals surface area contributed by atoms with E-state index < -0.39 is 5.54 Å². The average Bonchev–Trinajstić information content (AvgIpc) is 3.24. The molecule has 3 rings (SSSR count). The predicted octanol–water partition coefficient (Wildman–Crippen LogP) is 3.30. The molecule has 1 aliphatic carbocycles. The first-order valence-electron chi connectivity index (χ1n) is 9.74. The summed E-state index contributed by atoms with van der Waals surface area (Å²) in [5.74, 6) is -0.116. The molecule has 1 saturated heterocycles. The maximum atomic E-state index is 12.6. The fraction of sp³-hybridized carbons (Fsp3) is 0.550. The van der Waals surface area contributed by atoms with Crippen LogP contribution in [0.15, 0.2) is 24.3 Å². The molecular weight excluding hydrogens is 380 g/mol. The van der Waals surface area contributed by atoms with E-state index in [1.165, 1.54) is 4.90 Å². The number of nitrogens with one attached hydrogen (secondary N) is 2. The van der Waals surface area contributed by atoms with Crippen LogP contribution in [0.5, 0.6) is 0 Å². The van der Waals surface area contributed by atoms with Crippen LogP contribution in [-0.4, -0.2) is 53.4 Å². The molecule has 0 aromatic heterocycles. The number of nitrogens with zero attached hydrogens (tertiary/aromatic N) is 2. The molecule has 7 nitrogen and oxygen atoms in total. The zero-order chi connectivity index (χ0) is 20.3. The summed E-state index contributed by atoms with van der Waals surface area (Å²) in [4.78, 5) is 40.0. The van der Waals surface area contributed by atoms with Crippen molar-refractivity contribution in [3.63, 3.8) is 0 Å². The first-order chi connectivity index (χ1) is 13.3. The Bertz CT molecular complexity index is 746. The lowest BCUT2D eigenvalue weighted by molar-refractivity contribution is -0.131. The number of rotatable bonds is 6. The number of carbonyl (C=O) groups is 3. The van der Waals surface area contributed by atoms with Gasteiger partial charge in [0.2, 0.25) is 0 Å². The first-order valence-corrected chi connectivity index (χ1v) is 10.1. The molecule has 152 valence electrons. The summed E-state index contributed by atoms with van der Waals surface area (Å²) in [7, 11) is 1.73. The average molecular weight is 407 g/mol. The van der Waals surface area contributed by atoms with Gasteiger partial charge in [-0.3, -0.25) is 9.69 Å². The molecule has 2 N–H and O–H groups in total. The highest BCUT2D eigenvalue weighted by molar-refractivity contribution is 6.30. The van der Waals surface area contributed by atoms with Crippen LogP contribution in [0.3, 0.4) is 0 Å². The second-order valence-electron chi connectivity index (χ2n) is 7.60. The van der Waals surface area contributed by atoms with E-state index in [-0.39, 0.29) is 24.0 Å². The highest BCUT2D eigenvalue weighted by atomic mass is 35.5. The molecule has 2 aliphatic rings. The molecule has 1 aromatic rings. The molecule has 0 radical (unpaired) electrons. The zero-order valence-electron chi connectivity index (χ0n) is 16.3. The van der Waals surface area contributed by atoms with Gasteiger partial charge in [0.15, 0.2) is 0 Å². The molecule has 1 spiro atoms. The molecule has 1 unspecified atom stereocenters. The van der Waals surface area contributed by atoms with Crippen molar-refractivity contribution in [1.29, 1.82) is 0 Å². The number of halogens is 1. The van der Waals surface area contributed by atoms with E-state index in [1.807, 2.05) is 19.1 Å². The number of hydrogen-bond acceptors (Lipinski definition) is 3. The van der Waals surface area contributed by atoms with Gasteiger partial charge >= 0.3 is 12.1 Å². The number of imide groups is 1. The molecule has 0 bridgehead atoms.